The molecule has 0 radical (unpaired) electrons. The SMILES string of the molecule is CCCCCCCCCCCCCCCCCCCC(=O)O[C@@H](COC(=O)CCCCCCCCCCCCCCCCCCCCC(C)C)COC(=O)CCCCCCCCCCCCCCCCC(C)CC. The Balaban J connectivity index is 4.27. The van der Waals surface area contributed by atoms with E-state index in [1.807, 2.05) is 0 Å². The topological polar surface area (TPSA) is 78.9 Å². The fourth-order valence-electron chi connectivity index (χ4n) is 10.6. The van der Waals surface area contributed by atoms with Crippen LogP contribution in [0.4, 0.5) is 0 Å². The number of rotatable bonds is 62. The first-order valence-corrected chi connectivity index (χ1v) is 33.8. The third kappa shape index (κ3) is 59.7. The third-order valence-corrected chi connectivity index (χ3v) is 16.1. The molecule has 0 heterocycles. The zero-order chi connectivity index (χ0) is 53.9. The van der Waals surface area contributed by atoms with E-state index >= 15 is 0 Å². The van der Waals surface area contributed by atoms with Crippen molar-refractivity contribution in [2.24, 2.45) is 11.8 Å². The maximum absolute atomic E-state index is 12.9. The van der Waals surface area contributed by atoms with Crippen LogP contribution in [0.5, 0.6) is 0 Å². The summed E-state index contributed by atoms with van der Waals surface area (Å²) < 4.78 is 17.0. The molecular weight excluding hydrogens is 913 g/mol. The van der Waals surface area contributed by atoms with Crippen molar-refractivity contribution in [3.8, 4) is 0 Å². The first kappa shape index (κ1) is 72.4. The number of unbranched alkanes of at least 4 members (excludes halogenated alkanes) is 46. The Kier molecular flexibility index (Phi) is 59.3. The Hall–Kier alpha value is -1.59. The van der Waals surface area contributed by atoms with Crippen LogP contribution >= 0.6 is 0 Å². The molecule has 440 valence electrons. The molecule has 0 aromatic heterocycles. The lowest BCUT2D eigenvalue weighted by Crippen LogP contribution is -2.30. The predicted octanol–water partition coefficient (Wildman–Crippen LogP) is 22.8. The summed E-state index contributed by atoms with van der Waals surface area (Å²) in [6.45, 7) is 11.5. The van der Waals surface area contributed by atoms with Crippen LogP contribution in [0, 0.1) is 11.8 Å². The van der Waals surface area contributed by atoms with Crippen molar-refractivity contribution >= 4 is 17.9 Å². The van der Waals surface area contributed by atoms with Crippen LogP contribution in [0.2, 0.25) is 0 Å². The molecule has 0 aliphatic rings. The molecule has 0 saturated carbocycles. The zero-order valence-corrected chi connectivity index (χ0v) is 51.0. The summed E-state index contributed by atoms with van der Waals surface area (Å²) in [7, 11) is 0. The highest BCUT2D eigenvalue weighted by molar-refractivity contribution is 5.71. The van der Waals surface area contributed by atoms with E-state index < -0.39 is 6.10 Å². The molecule has 0 saturated heterocycles. The second-order valence-electron chi connectivity index (χ2n) is 24.2. The summed E-state index contributed by atoms with van der Waals surface area (Å²) in [4.78, 5) is 38.4. The Morgan fingerprint density at radius 2 is 0.514 bits per heavy atom. The molecule has 6 nitrogen and oxygen atoms in total. The molecule has 74 heavy (non-hydrogen) atoms. The lowest BCUT2D eigenvalue weighted by Gasteiger charge is -2.18. The standard InChI is InChI=1S/C68H132O6/c1-6-8-9-10-11-12-13-14-15-18-23-30-35-40-45-50-55-60-68(71)74-65(62-73-67(70)59-54-49-44-39-34-29-25-24-27-32-37-42-47-52-57-64(5)7-2)61-72-66(69)58-53-48-43-38-33-28-22-20-17-16-19-21-26-31-36-41-46-51-56-63(3)4/h63-65H,6-62H2,1-5H3/t64?,65-/m0/s1. The fourth-order valence-corrected chi connectivity index (χ4v) is 10.6. The van der Waals surface area contributed by atoms with Crippen molar-refractivity contribution in [1.29, 1.82) is 0 Å². The molecule has 0 aliphatic heterocycles. The molecule has 0 aromatic carbocycles. The molecular formula is C68H132O6. The minimum Gasteiger partial charge on any atom is -0.462 e. The molecule has 0 aromatic rings. The number of esters is 3. The summed E-state index contributed by atoms with van der Waals surface area (Å²) in [6.07, 6.45) is 68.2. The number of carbonyl (C=O) groups excluding carboxylic acids is 3. The predicted molar refractivity (Wildman–Crippen MR) is 321 cm³/mol. The second-order valence-corrected chi connectivity index (χ2v) is 24.2. The Bertz CT molecular complexity index is 1140. The first-order valence-electron chi connectivity index (χ1n) is 33.8. The highest BCUT2D eigenvalue weighted by Crippen LogP contribution is 2.20. The van der Waals surface area contributed by atoms with E-state index in [9.17, 15) is 14.4 Å². The van der Waals surface area contributed by atoms with Gasteiger partial charge in [-0.1, -0.05) is 349 Å². The van der Waals surface area contributed by atoms with Gasteiger partial charge in [-0.2, -0.15) is 0 Å². The van der Waals surface area contributed by atoms with E-state index in [1.165, 1.54) is 276 Å². The lowest BCUT2D eigenvalue weighted by atomic mass is 9.99. The summed E-state index contributed by atoms with van der Waals surface area (Å²) in [5.41, 5.74) is 0. The van der Waals surface area contributed by atoms with Crippen LogP contribution < -0.4 is 0 Å². The van der Waals surface area contributed by atoms with E-state index in [4.69, 9.17) is 14.2 Å². The normalized spacial score (nSPS) is 12.4. The molecule has 1 unspecified atom stereocenters. The van der Waals surface area contributed by atoms with Crippen molar-refractivity contribution in [1.82, 2.24) is 0 Å². The monoisotopic (exact) mass is 1050 g/mol. The zero-order valence-electron chi connectivity index (χ0n) is 51.0. The van der Waals surface area contributed by atoms with E-state index in [0.29, 0.717) is 19.3 Å². The fraction of sp³-hybridized carbons (Fsp3) is 0.956. The smallest absolute Gasteiger partial charge is 0.306 e. The van der Waals surface area contributed by atoms with Crippen LogP contribution in [-0.2, 0) is 28.6 Å². The van der Waals surface area contributed by atoms with Gasteiger partial charge in [-0.15, -0.1) is 0 Å². The molecule has 0 aliphatic carbocycles. The molecule has 0 rings (SSSR count). The van der Waals surface area contributed by atoms with Crippen LogP contribution in [-0.4, -0.2) is 37.2 Å². The minimum absolute atomic E-state index is 0.0614. The summed E-state index contributed by atoms with van der Waals surface area (Å²) >= 11 is 0. The van der Waals surface area contributed by atoms with Crippen LogP contribution in [0.3, 0.4) is 0 Å². The molecule has 0 amide bonds. The largest absolute Gasteiger partial charge is 0.462 e. The molecule has 2 atom stereocenters. The Labute approximate surface area is 463 Å². The quantitative estimate of drug-likeness (QED) is 0.0343. The van der Waals surface area contributed by atoms with Crippen molar-refractivity contribution < 1.29 is 28.6 Å². The molecule has 0 fully saturated rings. The number of hydrogen-bond acceptors (Lipinski definition) is 6. The van der Waals surface area contributed by atoms with Crippen LogP contribution in [0.1, 0.15) is 388 Å². The van der Waals surface area contributed by atoms with E-state index in [2.05, 4.69) is 34.6 Å². The highest BCUT2D eigenvalue weighted by Gasteiger charge is 2.20. The number of ether oxygens (including phenoxy) is 3. The van der Waals surface area contributed by atoms with Gasteiger partial charge in [0.25, 0.3) is 0 Å². The third-order valence-electron chi connectivity index (χ3n) is 16.1. The van der Waals surface area contributed by atoms with E-state index in [-0.39, 0.29) is 31.1 Å². The lowest BCUT2D eigenvalue weighted by molar-refractivity contribution is -0.167. The van der Waals surface area contributed by atoms with Gasteiger partial charge in [0.1, 0.15) is 13.2 Å². The minimum atomic E-state index is -0.764. The summed E-state index contributed by atoms with van der Waals surface area (Å²) in [5.74, 6) is 0.928. The first-order chi connectivity index (χ1) is 36.3. The molecule has 0 spiro atoms. The van der Waals surface area contributed by atoms with E-state index in [0.717, 1.165) is 69.6 Å². The second kappa shape index (κ2) is 60.6. The van der Waals surface area contributed by atoms with Gasteiger partial charge in [0.05, 0.1) is 0 Å². The molecule has 0 bridgehead atoms. The van der Waals surface area contributed by atoms with Gasteiger partial charge >= 0.3 is 17.9 Å². The van der Waals surface area contributed by atoms with Gasteiger partial charge in [0.2, 0.25) is 0 Å². The highest BCUT2D eigenvalue weighted by atomic mass is 16.6. The van der Waals surface area contributed by atoms with Gasteiger partial charge < -0.3 is 14.2 Å². The molecule has 6 heteroatoms. The van der Waals surface area contributed by atoms with Crippen molar-refractivity contribution in [2.45, 2.75) is 394 Å². The van der Waals surface area contributed by atoms with Crippen molar-refractivity contribution in [3.63, 3.8) is 0 Å². The maximum atomic E-state index is 12.9. The molecule has 0 N–H and O–H groups in total. The van der Waals surface area contributed by atoms with Crippen molar-refractivity contribution in [2.75, 3.05) is 13.2 Å². The summed E-state index contributed by atoms with van der Waals surface area (Å²) in [5, 5.41) is 0. The van der Waals surface area contributed by atoms with Gasteiger partial charge in [-0.3, -0.25) is 14.4 Å². The number of carbonyl (C=O) groups is 3. The van der Waals surface area contributed by atoms with Gasteiger partial charge in [0, 0.05) is 19.3 Å². The van der Waals surface area contributed by atoms with Gasteiger partial charge in [-0.05, 0) is 31.1 Å². The Morgan fingerprint density at radius 3 is 0.770 bits per heavy atom. The van der Waals surface area contributed by atoms with Gasteiger partial charge in [0.15, 0.2) is 6.10 Å². The van der Waals surface area contributed by atoms with Crippen LogP contribution in [0.15, 0.2) is 0 Å². The average Bonchev–Trinajstić information content (AvgIpc) is 3.39. The maximum Gasteiger partial charge on any atom is 0.306 e. The Morgan fingerprint density at radius 1 is 0.284 bits per heavy atom. The summed E-state index contributed by atoms with van der Waals surface area (Å²) in [6, 6.07) is 0. The number of hydrogen-bond donors (Lipinski definition) is 0. The average molecular weight is 1050 g/mol. The van der Waals surface area contributed by atoms with Crippen molar-refractivity contribution in [3.05, 3.63) is 0 Å². The van der Waals surface area contributed by atoms with Crippen LogP contribution in [0.25, 0.3) is 0 Å². The van der Waals surface area contributed by atoms with E-state index in [1.54, 1.807) is 0 Å². The van der Waals surface area contributed by atoms with Gasteiger partial charge in [-0.25, -0.2) is 0 Å².